The summed E-state index contributed by atoms with van der Waals surface area (Å²) in [4.78, 5) is 0. The summed E-state index contributed by atoms with van der Waals surface area (Å²) >= 11 is 5.30. The summed E-state index contributed by atoms with van der Waals surface area (Å²) in [5.41, 5.74) is 1.93. The second kappa shape index (κ2) is 4.90. The van der Waals surface area contributed by atoms with Crippen molar-refractivity contribution in [2.45, 2.75) is 32.4 Å². The standard InChI is InChI=1S/C12H17N5OS/c1-8-6-10(15-16(8)2)11-13-14-12(19)17(11)7-9-4-3-5-18-9/h6,9H,3-5,7H2,1-2H3,(H,14,19). The number of aromatic amines is 1. The molecule has 0 aromatic carbocycles. The van der Waals surface area contributed by atoms with Gasteiger partial charge in [0.15, 0.2) is 10.6 Å². The van der Waals surface area contributed by atoms with Crippen LogP contribution < -0.4 is 0 Å². The molecule has 1 aliphatic rings. The van der Waals surface area contributed by atoms with Gasteiger partial charge in [-0.05, 0) is 38.0 Å². The van der Waals surface area contributed by atoms with Crippen LogP contribution in [0.2, 0.25) is 0 Å². The maximum Gasteiger partial charge on any atom is 0.195 e. The topological polar surface area (TPSA) is 60.7 Å². The SMILES string of the molecule is Cc1cc(-c2n[nH]c(=S)n2CC2CCCO2)nn1C. The van der Waals surface area contributed by atoms with Crippen molar-refractivity contribution in [2.75, 3.05) is 6.61 Å². The average Bonchev–Trinajstić information content (AvgIpc) is 3.06. The van der Waals surface area contributed by atoms with Crippen LogP contribution in [0.4, 0.5) is 0 Å². The van der Waals surface area contributed by atoms with E-state index >= 15 is 0 Å². The molecule has 3 rings (SSSR count). The Balaban J connectivity index is 1.95. The molecule has 1 aliphatic heterocycles. The van der Waals surface area contributed by atoms with Gasteiger partial charge < -0.3 is 4.74 Å². The Morgan fingerprint density at radius 3 is 3.05 bits per heavy atom. The highest BCUT2D eigenvalue weighted by Crippen LogP contribution is 2.20. The van der Waals surface area contributed by atoms with Gasteiger partial charge in [0.05, 0.1) is 12.6 Å². The largest absolute Gasteiger partial charge is 0.376 e. The van der Waals surface area contributed by atoms with E-state index < -0.39 is 0 Å². The number of aromatic nitrogens is 5. The highest BCUT2D eigenvalue weighted by Gasteiger charge is 2.20. The molecule has 0 amide bonds. The molecule has 0 spiro atoms. The summed E-state index contributed by atoms with van der Waals surface area (Å²) < 4.78 is 10.1. The molecule has 0 bridgehead atoms. The minimum absolute atomic E-state index is 0.229. The van der Waals surface area contributed by atoms with Crippen molar-refractivity contribution in [3.8, 4) is 11.5 Å². The summed E-state index contributed by atoms with van der Waals surface area (Å²) in [6.45, 7) is 3.59. The predicted octanol–water partition coefficient (Wildman–Crippen LogP) is 1.83. The molecule has 1 N–H and O–H groups in total. The van der Waals surface area contributed by atoms with Crippen molar-refractivity contribution in [3.05, 3.63) is 16.5 Å². The van der Waals surface area contributed by atoms with Crippen LogP contribution >= 0.6 is 12.2 Å². The Morgan fingerprint density at radius 1 is 1.58 bits per heavy atom. The van der Waals surface area contributed by atoms with E-state index in [0.717, 1.165) is 43.2 Å². The molecular formula is C12H17N5OS. The van der Waals surface area contributed by atoms with E-state index in [1.165, 1.54) is 0 Å². The second-order valence-corrected chi connectivity index (χ2v) is 5.28. The number of nitrogens with zero attached hydrogens (tertiary/aromatic N) is 4. The van der Waals surface area contributed by atoms with Crippen molar-refractivity contribution in [3.63, 3.8) is 0 Å². The third-order valence-electron chi connectivity index (χ3n) is 3.51. The molecular weight excluding hydrogens is 262 g/mol. The van der Waals surface area contributed by atoms with Gasteiger partial charge in [-0.1, -0.05) is 0 Å². The fourth-order valence-corrected chi connectivity index (χ4v) is 2.55. The lowest BCUT2D eigenvalue weighted by molar-refractivity contribution is 0.0969. The highest BCUT2D eigenvalue weighted by molar-refractivity contribution is 7.71. The molecule has 1 fully saturated rings. The second-order valence-electron chi connectivity index (χ2n) is 4.89. The van der Waals surface area contributed by atoms with Crippen LogP contribution in [0.1, 0.15) is 18.5 Å². The van der Waals surface area contributed by atoms with Crippen LogP contribution in [0.3, 0.4) is 0 Å². The van der Waals surface area contributed by atoms with Crippen LogP contribution in [0.15, 0.2) is 6.07 Å². The molecule has 1 unspecified atom stereocenters. The van der Waals surface area contributed by atoms with Crippen LogP contribution in [-0.2, 0) is 18.3 Å². The Labute approximate surface area is 116 Å². The van der Waals surface area contributed by atoms with E-state index in [1.807, 2.05) is 29.3 Å². The van der Waals surface area contributed by atoms with Gasteiger partial charge in [-0.15, -0.1) is 0 Å². The molecule has 2 aromatic heterocycles. The third-order valence-corrected chi connectivity index (χ3v) is 3.82. The maximum absolute atomic E-state index is 5.67. The van der Waals surface area contributed by atoms with Crippen LogP contribution in [0, 0.1) is 11.7 Å². The number of hydrogen-bond donors (Lipinski definition) is 1. The first-order valence-corrected chi connectivity index (χ1v) is 6.84. The van der Waals surface area contributed by atoms with E-state index in [-0.39, 0.29) is 6.10 Å². The quantitative estimate of drug-likeness (QED) is 0.871. The van der Waals surface area contributed by atoms with Gasteiger partial charge in [-0.25, -0.2) is 0 Å². The number of nitrogens with one attached hydrogen (secondary N) is 1. The zero-order valence-electron chi connectivity index (χ0n) is 11.1. The smallest absolute Gasteiger partial charge is 0.195 e. The van der Waals surface area contributed by atoms with Crippen molar-refractivity contribution in [1.29, 1.82) is 0 Å². The number of rotatable bonds is 3. The highest BCUT2D eigenvalue weighted by atomic mass is 32.1. The summed E-state index contributed by atoms with van der Waals surface area (Å²) in [6, 6.07) is 2.01. The lowest BCUT2D eigenvalue weighted by Crippen LogP contribution is -2.16. The fourth-order valence-electron chi connectivity index (χ4n) is 2.34. The molecule has 1 atom stereocenters. The van der Waals surface area contributed by atoms with Crippen molar-refractivity contribution in [1.82, 2.24) is 24.5 Å². The van der Waals surface area contributed by atoms with Gasteiger partial charge in [-0.2, -0.15) is 10.2 Å². The van der Waals surface area contributed by atoms with E-state index in [0.29, 0.717) is 4.77 Å². The molecule has 7 heteroatoms. The minimum Gasteiger partial charge on any atom is -0.376 e. The Morgan fingerprint density at radius 2 is 2.42 bits per heavy atom. The Hall–Kier alpha value is -1.47. The summed E-state index contributed by atoms with van der Waals surface area (Å²) in [5, 5.41) is 11.6. The average molecular weight is 279 g/mol. The van der Waals surface area contributed by atoms with E-state index in [1.54, 1.807) is 0 Å². The normalized spacial score (nSPS) is 19.2. The lowest BCUT2D eigenvalue weighted by Gasteiger charge is -2.11. The molecule has 0 radical (unpaired) electrons. The summed E-state index contributed by atoms with van der Waals surface area (Å²) in [7, 11) is 1.92. The maximum atomic E-state index is 5.67. The van der Waals surface area contributed by atoms with E-state index in [9.17, 15) is 0 Å². The monoisotopic (exact) mass is 279 g/mol. The van der Waals surface area contributed by atoms with Gasteiger partial charge >= 0.3 is 0 Å². The number of hydrogen-bond acceptors (Lipinski definition) is 4. The van der Waals surface area contributed by atoms with E-state index in [4.69, 9.17) is 17.0 Å². The molecule has 1 saturated heterocycles. The van der Waals surface area contributed by atoms with Crippen LogP contribution in [0.25, 0.3) is 11.5 Å². The molecule has 2 aromatic rings. The molecule has 0 saturated carbocycles. The van der Waals surface area contributed by atoms with Gasteiger partial charge in [0.1, 0.15) is 5.69 Å². The van der Waals surface area contributed by atoms with Gasteiger partial charge in [0.25, 0.3) is 0 Å². The van der Waals surface area contributed by atoms with Crippen LogP contribution in [-0.4, -0.2) is 37.3 Å². The first-order valence-electron chi connectivity index (χ1n) is 6.43. The Kier molecular flexibility index (Phi) is 3.24. The van der Waals surface area contributed by atoms with Crippen molar-refractivity contribution >= 4 is 12.2 Å². The molecule has 0 aliphatic carbocycles. The van der Waals surface area contributed by atoms with Gasteiger partial charge in [0, 0.05) is 19.3 Å². The summed E-state index contributed by atoms with van der Waals surface area (Å²) in [6.07, 6.45) is 2.43. The first-order chi connectivity index (χ1) is 9.15. The zero-order chi connectivity index (χ0) is 13.4. The predicted molar refractivity (Wildman–Crippen MR) is 73.3 cm³/mol. The lowest BCUT2D eigenvalue weighted by atomic mass is 10.2. The summed E-state index contributed by atoms with van der Waals surface area (Å²) in [5.74, 6) is 0.782. The number of ether oxygens (including phenoxy) is 1. The third kappa shape index (κ3) is 2.35. The van der Waals surface area contributed by atoms with Gasteiger partial charge in [0.2, 0.25) is 0 Å². The molecule has 102 valence electrons. The minimum atomic E-state index is 0.229. The molecule has 3 heterocycles. The van der Waals surface area contributed by atoms with Crippen LogP contribution in [0.5, 0.6) is 0 Å². The zero-order valence-corrected chi connectivity index (χ0v) is 11.9. The number of H-pyrrole nitrogens is 1. The first kappa shape index (κ1) is 12.6. The molecule has 6 nitrogen and oxygen atoms in total. The Bertz CT molecular complexity index is 615. The molecule has 19 heavy (non-hydrogen) atoms. The van der Waals surface area contributed by atoms with Crippen molar-refractivity contribution in [2.24, 2.45) is 7.05 Å². The fraction of sp³-hybridized carbons (Fsp3) is 0.583. The number of aryl methyl sites for hydroxylation is 2. The van der Waals surface area contributed by atoms with Gasteiger partial charge in [-0.3, -0.25) is 14.3 Å². The van der Waals surface area contributed by atoms with E-state index in [2.05, 4.69) is 15.3 Å². The van der Waals surface area contributed by atoms with Crippen molar-refractivity contribution < 1.29 is 4.74 Å².